The normalized spacial score (nSPS) is 10.1. The van der Waals surface area contributed by atoms with Gasteiger partial charge in [-0.2, -0.15) is 0 Å². The highest BCUT2D eigenvalue weighted by Crippen LogP contribution is 2.17. The van der Waals surface area contributed by atoms with Crippen molar-refractivity contribution in [3.8, 4) is 5.75 Å². The number of anilines is 2. The van der Waals surface area contributed by atoms with E-state index < -0.39 is 0 Å². The van der Waals surface area contributed by atoms with E-state index in [0.717, 1.165) is 17.1 Å². The van der Waals surface area contributed by atoms with E-state index in [9.17, 15) is 0 Å². The van der Waals surface area contributed by atoms with Crippen LogP contribution in [0.15, 0.2) is 48.5 Å². The minimum atomic E-state index is 0.407. The zero-order chi connectivity index (χ0) is 18.2. The summed E-state index contributed by atoms with van der Waals surface area (Å²) in [5.41, 5.74) is 8.75. The average molecular weight is 375 g/mol. The molecule has 0 bridgehead atoms. The van der Waals surface area contributed by atoms with E-state index in [1.54, 1.807) is 7.11 Å². The lowest BCUT2D eigenvalue weighted by molar-refractivity contribution is 0.415. The number of ether oxygens (including phenoxy) is 1. The summed E-state index contributed by atoms with van der Waals surface area (Å²) in [6, 6.07) is 15.6. The van der Waals surface area contributed by atoms with Crippen molar-refractivity contribution in [3.05, 3.63) is 54.1 Å². The van der Waals surface area contributed by atoms with Gasteiger partial charge >= 0.3 is 0 Å². The van der Waals surface area contributed by atoms with E-state index in [2.05, 4.69) is 47.5 Å². The Morgan fingerprint density at radius 1 is 0.800 bits per heavy atom. The molecule has 2 aromatic carbocycles. The Kier molecular flexibility index (Phi) is 6.97. The van der Waals surface area contributed by atoms with E-state index in [0.29, 0.717) is 16.1 Å². The van der Waals surface area contributed by atoms with Gasteiger partial charge in [0.05, 0.1) is 7.11 Å². The molecule has 25 heavy (non-hydrogen) atoms. The van der Waals surface area contributed by atoms with Crippen molar-refractivity contribution in [1.82, 2.24) is 10.9 Å². The van der Waals surface area contributed by atoms with Crippen molar-refractivity contribution in [3.63, 3.8) is 0 Å². The highest BCUT2D eigenvalue weighted by molar-refractivity contribution is 7.81. The summed E-state index contributed by atoms with van der Waals surface area (Å²) in [4.78, 5) is 0. The van der Waals surface area contributed by atoms with Gasteiger partial charge in [0.25, 0.3) is 0 Å². The van der Waals surface area contributed by atoms with Gasteiger partial charge in [-0.05, 0) is 72.3 Å². The summed E-state index contributed by atoms with van der Waals surface area (Å²) in [7, 11) is 1.63. The van der Waals surface area contributed by atoms with E-state index in [-0.39, 0.29) is 0 Å². The molecule has 2 aromatic rings. The molecule has 0 aliphatic carbocycles. The largest absolute Gasteiger partial charge is 0.497 e. The van der Waals surface area contributed by atoms with Crippen molar-refractivity contribution in [2.24, 2.45) is 0 Å². The van der Waals surface area contributed by atoms with Crippen LogP contribution in [0.25, 0.3) is 0 Å². The Hall–Kier alpha value is -2.38. The minimum absolute atomic E-state index is 0.407. The third kappa shape index (κ3) is 6.21. The molecule has 0 spiro atoms. The minimum Gasteiger partial charge on any atom is -0.497 e. The fourth-order valence-electron chi connectivity index (χ4n) is 2.06. The van der Waals surface area contributed by atoms with Crippen LogP contribution in [-0.4, -0.2) is 17.3 Å². The smallest absolute Gasteiger partial charge is 0.189 e. The van der Waals surface area contributed by atoms with Gasteiger partial charge in [-0.15, -0.1) is 0 Å². The molecule has 0 unspecified atom stereocenters. The van der Waals surface area contributed by atoms with Crippen LogP contribution in [0.1, 0.15) is 25.3 Å². The Morgan fingerprint density at radius 3 is 1.64 bits per heavy atom. The molecule has 4 N–H and O–H groups in total. The summed E-state index contributed by atoms with van der Waals surface area (Å²) in [5, 5.41) is 6.98. The molecule has 0 aromatic heterocycles. The molecule has 5 nitrogen and oxygen atoms in total. The van der Waals surface area contributed by atoms with Gasteiger partial charge in [-0.1, -0.05) is 26.0 Å². The molecule has 0 atom stereocenters. The summed E-state index contributed by atoms with van der Waals surface area (Å²) in [6.07, 6.45) is 0. The van der Waals surface area contributed by atoms with E-state index in [4.69, 9.17) is 29.2 Å². The molecule has 0 radical (unpaired) electrons. The summed E-state index contributed by atoms with van der Waals surface area (Å²) in [5.74, 6) is 1.29. The van der Waals surface area contributed by atoms with Crippen LogP contribution in [0, 0.1) is 0 Å². The lowest BCUT2D eigenvalue weighted by atomic mass is 10.0. The number of thiocarbonyl (C=S) groups is 2. The second-order valence-electron chi connectivity index (χ2n) is 5.66. The Bertz CT molecular complexity index is 715. The predicted octanol–water partition coefficient (Wildman–Crippen LogP) is 4.01. The van der Waals surface area contributed by atoms with Crippen LogP contribution in [0.2, 0.25) is 0 Å². The molecule has 0 aliphatic heterocycles. The highest BCUT2D eigenvalue weighted by Gasteiger charge is 2.02. The number of hydrogen-bond donors (Lipinski definition) is 4. The van der Waals surface area contributed by atoms with Gasteiger partial charge in [0.2, 0.25) is 0 Å². The fourth-order valence-corrected chi connectivity index (χ4v) is 2.40. The second kappa shape index (κ2) is 9.19. The van der Waals surface area contributed by atoms with E-state index in [1.807, 2.05) is 36.4 Å². The van der Waals surface area contributed by atoms with Crippen LogP contribution in [0.5, 0.6) is 5.75 Å². The molecule has 2 rings (SSSR count). The molecule has 132 valence electrons. The quantitative estimate of drug-likeness (QED) is 0.477. The van der Waals surface area contributed by atoms with Crippen molar-refractivity contribution >= 4 is 46.0 Å². The standard InChI is InChI=1S/C18H22N4OS2/c1-12(2)13-4-6-14(7-5-13)19-17(24)21-22-18(25)20-15-8-10-16(23-3)11-9-15/h4-12H,1-3H3,(H2,19,21,24)(H2,20,22,25). The van der Waals surface area contributed by atoms with Crippen LogP contribution >= 0.6 is 24.4 Å². The number of hydrazine groups is 1. The second-order valence-corrected chi connectivity index (χ2v) is 6.48. The molecule has 0 aliphatic rings. The Labute approximate surface area is 159 Å². The summed E-state index contributed by atoms with van der Waals surface area (Å²) < 4.78 is 5.12. The molecular weight excluding hydrogens is 352 g/mol. The average Bonchev–Trinajstić information content (AvgIpc) is 2.61. The van der Waals surface area contributed by atoms with Crippen molar-refractivity contribution in [2.75, 3.05) is 17.7 Å². The SMILES string of the molecule is COc1ccc(NC(=S)NNC(=S)Nc2ccc(C(C)C)cc2)cc1. The Morgan fingerprint density at radius 2 is 1.24 bits per heavy atom. The zero-order valence-electron chi connectivity index (χ0n) is 14.4. The number of nitrogens with one attached hydrogen (secondary N) is 4. The maximum absolute atomic E-state index is 5.25. The first-order chi connectivity index (χ1) is 12.0. The molecule has 7 heteroatoms. The maximum atomic E-state index is 5.25. The number of benzene rings is 2. The zero-order valence-corrected chi connectivity index (χ0v) is 16.1. The van der Waals surface area contributed by atoms with Crippen LogP contribution < -0.4 is 26.2 Å². The highest BCUT2D eigenvalue weighted by atomic mass is 32.1. The molecule has 0 fully saturated rings. The fraction of sp³-hybridized carbons (Fsp3) is 0.222. The number of rotatable bonds is 4. The van der Waals surface area contributed by atoms with Crippen LogP contribution in [0.4, 0.5) is 11.4 Å². The van der Waals surface area contributed by atoms with Crippen molar-refractivity contribution < 1.29 is 4.74 Å². The third-order valence-electron chi connectivity index (χ3n) is 3.47. The molecule has 0 amide bonds. The van der Waals surface area contributed by atoms with Crippen LogP contribution in [0.3, 0.4) is 0 Å². The van der Waals surface area contributed by atoms with Gasteiger partial charge in [0.15, 0.2) is 10.2 Å². The molecular formula is C18H22N4OS2. The lowest BCUT2D eigenvalue weighted by Gasteiger charge is -2.15. The number of hydrogen-bond acceptors (Lipinski definition) is 3. The van der Waals surface area contributed by atoms with Gasteiger partial charge in [0, 0.05) is 11.4 Å². The van der Waals surface area contributed by atoms with E-state index >= 15 is 0 Å². The van der Waals surface area contributed by atoms with Gasteiger partial charge in [0.1, 0.15) is 5.75 Å². The molecule has 0 saturated heterocycles. The van der Waals surface area contributed by atoms with Gasteiger partial charge in [-0.3, -0.25) is 10.9 Å². The first-order valence-electron chi connectivity index (χ1n) is 7.86. The summed E-state index contributed by atoms with van der Waals surface area (Å²) in [6.45, 7) is 4.32. The first kappa shape index (κ1) is 19.0. The summed E-state index contributed by atoms with van der Waals surface area (Å²) >= 11 is 10.5. The maximum Gasteiger partial charge on any atom is 0.189 e. The lowest BCUT2D eigenvalue weighted by Crippen LogP contribution is -2.45. The van der Waals surface area contributed by atoms with Gasteiger partial charge < -0.3 is 15.4 Å². The Balaban J connectivity index is 1.77. The van der Waals surface area contributed by atoms with Crippen molar-refractivity contribution in [2.45, 2.75) is 19.8 Å². The van der Waals surface area contributed by atoms with Crippen LogP contribution in [-0.2, 0) is 0 Å². The van der Waals surface area contributed by atoms with Gasteiger partial charge in [-0.25, -0.2) is 0 Å². The first-order valence-corrected chi connectivity index (χ1v) is 8.67. The monoisotopic (exact) mass is 374 g/mol. The molecule has 0 heterocycles. The van der Waals surface area contributed by atoms with Crippen molar-refractivity contribution in [1.29, 1.82) is 0 Å². The molecule has 0 saturated carbocycles. The number of methoxy groups -OCH3 is 1. The van der Waals surface area contributed by atoms with E-state index in [1.165, 1.54) is 5.56 Å². The third-order valence-corrected chi connectivity index (χ3v) is 3.88. The topological polar surface area (TPSA) is 57.4 Å². The predicted molar refractivity (Wildman–Crippen MR) is 112 cm³/mol.